The van der Waals surface area contributed by atoms with Crippen molar-refractivity contribution in [3.8, 4) is 6.07 Å². The summed E-state index contributed by atoms with van der Waals surface area (Å²) in [7, 11) is 0. The Morgan fingerprint density at radius 1 is 1.35 bits per heavy atom. The summed E-state index contributed by atoms with van der Waals surface area (Å²) in [5.41, 5.74) is 0.703. The van der Waals surface area contributed by atoms with Gasteiger partial charge in [-0.15, -0.1) is 0 Å². The van der Waals surface area contributed by atoms with Gasteiger partial charge in [-0.05, 0) is 24.8 Å². The van der Waals surface area contributed by atoms with Gasteiger partial charge in [0.15, 0.2) is 0 Å². The average molecular weight is 232 g/mol. The second-order valence-electron chi connectivity index (χ2n) is 4.58. The molecule has 0 saturated heterocycles. The van der Waals surface area contributed by atoms with E-state index in [9.17, 15) is 4.39 Å². The van der Waals surface area contributed by atoms with E-state index in [4.69, 9.17) is 5.26 Å². The number of nitrogens with one attached hydrogen (secondary N) is 1. The van der Waals surface area contributed by atoms with Crippen molar-refractivity contribution in [3.63, 3.8) is 0 Å². The zero-order valence-electron chi connectivity index (χ0n) is 9.82. The summed E-state index contributed by atoms with van der Waals surface area (Å²) >= 11 is 0. The fraction of sp³-hybridized carbons (Fsp3) is 0.500. The number of benzene rings is 1. The van der Waals surface area contributed by atoms with E-state index in [2.05, 4.69) is 11.4 Å². The number of rotatable bonds is 4. The Morgan fingerprint density at radius 3 is 2.71 bits per heavy atom. The zero-order valence-corrected chi connectivity index (χ0v) is 9.82. The fourth-order valence-corrected chi connectivity index (χ4v) is 2.70. The molecule has 0 spiro atoms. The lowest BCUT2D eigenvalue weighted by Gasteiger charge is -2.24. The van der Waals surface area contributed by atoms with E-state index in [0.717, 1.165) is 12.8 Å². The molecule has 1 N–H and O–H groups in total. The monoisotopic (exact) mass is 232 g/mol. The van der Waals surface area contributed by atoms with Crippen molar-refractivity contribution >= 4 is 0 Å². The predicted octanol–water partition coefficient (Wildman–Crippen LogP) is 3.17. The highest BCUT2D eigenvalue weighted by Gasteiger charge is 2.27. The second kappa shape index (κ2) is 5.79. The van der Waals surface area contributed by atoms with Crippen LogP contribution in [0.1, 0.15) is 37.3 Å². The molecular formula is C14H17FN2. The molecule has 3 heteroatoms. The normalized spacial score (nSPS) is 17.9. The molecule has 1 aliphatic rings. The van der Waals surface area contributed by atoms with Gasteiger partial charge in [-0.25, -0.2) is 4.39 Å². The minimum atomic E-state index is -0.171. The van der Waals surface area contributed by atoms with E-state index in [-0.39, 0.29) is 18.4 Å². The van der Waals surface area contributed by atoms with Crippen molar-refractivity contribution < 1.29 is 4.39 Å². The summed E-state index contributed by atoms with van der Waals surface area (Å²) in [6.07, 6.45) is 4.67. The first-order valence-corrected chi connectivity index (χ1v) is 6.17. The van der Waals surface area contributed by atoms with E-state index in [1.165, 1.54) is 18.9 Å². The lowest BCUT2D eigenvalue weighted by molar-refractivity contribution is 0.369. The van der Waals surface area contributed by atoms with Gasteiger partial charge in [0.25, 0.3) is 0 Å². The van der Waals surface area contributed by atoms with E-state index in [1.54, 1.807) is 6.07 Å². The fourth-order valence-electron chi connectivity index (χ4n) is 2.70. The van der Waals surface area contributed by atoms with Gasteiger partial charge in [-0.1, -0.05) is 31.0 Å². The van der Waals surface area contributed by atoms with Crippen LogP contribution in [0.15, 0.2) is 24.3 Å². The standard InChI is InChI=1S/C14H17FN2/c15-13-8-4-3-7-12(13)14(17-10-9-16)11-5-1-2-6-11/h3-4,7-8,11,14,17H,1-2,5-6,10H2/t14-/m1/s1. The Balaban J connectivity index is 2.20. The van der Waals surface area contributed by atoms with Crippen LogP contribution in [-0.4, -0.2) is 6.54 Å². The Bertz CT molecular complexity index is 405. The van der Waals surface area contributed by atoms with E-state index < -0.39 is 0 Å². The zero-order chi connectivity index (χ0) is 12.1. The molecule has 1 aromatic carbocycles. The number of nitriles is 1. The molecule has 1 aromatic rings. The van der Waals surface area contributed by atoms with Crippen molar-refractivity contribution in [2.24, 2.45) is 5.92 Å². The van der Waals surface area contributed by atoms with Crippen LogP contribution in [0.4, 0.5) is 4.39 Å². The minimum Gasteiger partial charge on any atom is -0.297 e. The number of halogens is 1. The molecule has 0 bridgehead atoms. The Kier molecular flexibility index (Phi) is 4.11. The van der Waals surface area contributed by atoms with Gasteiger partial charge in [0.1, 0.15) is 5.82 Å². The minimum absolute atomic E-state index is 0.0154. The van der Waals surface area contributed by atoms with E-state index in [1.807, 2.05) is 12.1 Å². The van der Waals surface area contributed by atoms with Crippen LogP contribution in [0.2, 0.25) is 0 Å². The van der Waals surface area contributed by atoms with Crippen molar-refractivity contribution in [2.45, 2.75) is 31.7 Å². The molecule has 2 nitrogen and oxygen atoms in total. The van der Waals surface area contributed by atoms with Crippen molar-refractivity contribution in [3.05, 3.63) is 35.6 Å². The maximum atomic E-state index is 13.8. The second-order valence-corrected chi connectivity index (χ2v) is 4.58. The summed E-state index contributed by atoms with van der Waals surface area (Å²) in [5.74, 6) is 0.287. The molecule has 17 heavy (non-hydrogen) atoms. The summed E-state index contributed by atoms with van der Waals surface area (Å²) in [4.78, 5) is 0. The van der Waals surface area contributed by atoms with Gasteiger partial charge < -0.3 is 0 Å². The third-order valence-corrected chi connectivity index (χ3v) is 3.51. The van der Waals surface area contributed by atoms with Crippen LogP contribution in [0.3, 0.4) is 0 Å². The lowest BCUT2D eigenvalue weighted by atomic mass is 9.91. The van der Waals surface area contributed by atoms with Crippen molar-refractivity contribution in [1.82, 2.24) is 5.32 Å². The lowest BCUT2D eigenvalue weighted by Crippen LogP contribution is -2.28. The molecule has 0 heterocycles. The van der Waals surface area contributed by atoms with Crippen LogP contribution >= 0.6 is 0 Å². The highest BCUT2D eigenvalue weighted by molar-refractivity contribution is 5.22. The first-order valence-electron chi connectivity index (χ1n) is 6.17. The average Bonchev–Trinajstić information content (AvgIpc) is 2.85. The molecular weight excluding hydrogens is 215 g/mol. The molecule has 2 rings (SSSR count). The van der Waals surface area contributed by atoms with Crippen LogP contribution in [-0.2, 0) is 0 Å². The smallest absolute Gasteiger partial charge is 0.127 e. The van der Waals surface area contributed by atoms with Crippen LogP contribution < -0.4 is 5.32 Å². The largest absolute Gasteiger partial charge is 0.297 e. The number of nitrogens with zero attached hydrogens (tertiary/aromatic N) is 1. The van der Waals surface area contributed by atoms with Gasteiger partial charge in [0.2, 0.25) is 0 Å². The van der Waals surface area contributed by atoms with Gasteiger partial charge in [0.05, 0.1) is 12.6 Å². The number of hydrogen-bond acceptors (Lipinski definition) is 2. The van der Waals surface area contributed by atoms with Crippen LogP contribution in [0, 0.1) is 23.1 Å². The van der Waals surface area contributed by atoms with Crippen LogP contribution in [0.25, 0.3) is 0 Å². The summed E-state index contributed by atoms with van der Waals surface area (Å²) < 4.78 is 13.8. The third-order valence-electron chi connectivity index (χ3n) is 3.51. The predicted molar refractivity (Wildman–Crippen MR) is 64.7 cm³/mol. The Hall–Kier alpha value is -1.40. The highest BCUT2D eigenvalue weighted by atomic mass is 19.1. The molecule has 0 amide bonds. The third kappa shape index (κ3) is 2.83. The SMILES string of the molecule is N#CCN[C@@H](c1ccccc1F)C1CCCC1. The molecule has 0 aliphatic heterocycles. The molecule has 1 aliphatic carbocycles. The maximum Gasteiger partial charge on any atom is 0.127 e. The van der Waals surface area contributed by atoms with Crippen LogP contribution in [0.5, 0.6) is 0 Å². The maximum absolute atomic E-state index is 13.8. The molecule has 0 unspecified atom stereocenters. The summed E-state index contributed by atoms with van der Waals surface area (Å²) in [6.45, 7) is 0.273. The first kappa shape index (κ1) is 12.1. The van der Waals surface area contributed by atoms with Gasteiger partial charge >= 0.3 is 0 Å². The van der Waals surface area contributed by atoms with E-state index in [0.29, 0.717) is 11.5 Å². The molecule has 1 fully saturated rings. The van der Waals surface area contributed by atoms with Crippen molar-refractivity contribution in [2.75, 3.05) is 6.54 Å². The molecule has 0 radical (unpaired) electrons. The van der Waals surface area contributed by atoms with Gasteiger partial charge in [-0.2, -0.15) is 5.26 Å². The van der Waals surface area contributed by atoms with E-state index >= 15 is 0 Å². The molecule has 1 saturated carbocycles. The molecule has 0 aromatic heterocycles. The molecule has 90 valence electrons. The number of hydrogen-bond donors (Lipinski definition) is 1. The molecule has 1 atom stereocenters. The van der Waals surface area contributed by atoms with Crippen molar-refractivity contribution in [1.29, 1.82) is 5.26 Å². The quantitative estimate of drug-likeness (QED) is 0.809. The van der Waals surface area contributed by atoms with Gasteiger partial charge in [0, 0.05) is 11.6 Å². The Labute approximate surface area is 101 Å². The first-order chi connectivity index (χ1) is 8.33. The van der Waals surface area contributed by atoms with Gasteiger partial charge in [-0.3, -0.25) is 5.32 Å². The highest BCUT2D eigenvalue weighted by Crippen LogP contribution is 2.36. The topological polar surface area (TPSA) is 35.8 Å². The Morgan fingerprint density at radius 2 is 2.06 bits per heavy atom. The summed E-state index contributed by atoms with van der Waals surface area (Å²) in [6, 6.07) is 8.93. The summed E-state index contributed by atoms with van der Waals surface area (Å²) in [5, 5.41) is 11.8.